The highest BCUT2D eigenvalue weighted by Crippen LogP contribution is 2.47. The number of esters is 2. The SMILES string of the molecule is C[C@@H](O)[C@H]1C(=O)N2C(C(=O)OCOC(=O)C(C)(C)C)=C(c3csc(C(N)=O)c3)C[C@H]12. The van der Waals surface area contributed by atoms with Crippen LogP contribution in [0.15, 0.2) is 17.1 Å². The highest BCUT2D eigenvalue weighted by molar-refractivity contribution is 7.12. The summed E-state index contributed by atoms with van der Waals surface area (Å²) in [6.07, 6.45) is -0.547. The Balaban J connectivity index is 1.85. The van der Waals surface area contributed by atoms with Crippen LogP contribution in [0.5, 0.6) is 0 Å². The predicted molar refractivity (Wildman–Crippen MR) is 107 cm³/mol. The maximum atomic E-state index is 12.8. The first-order valence-electron chi connectivity index (χ1n) is 9.40. The number of hydrogen-bond acceptors (Lipinski definition) is 8. The minimum absolute atomic E-state index is 0.0301. The van der Waals surface area contributed by atoms with Crippen LogP contribution in [-0.4, -0.2) is 52.7 Å². The molecule has 0 spiro atoms. The number of β-lactam (4-membered cyclic amide) rings is 1. The molecule has 1 saturated heterocycles. The highest BCUT2D eigenvalue weighted by Gasteiger charge is 2.57. The number of carbonyl (C=O) groups excluding carboxylic acids is 4. The Kier molecular flexibility index (Phi) is 5.74. The zero-order valence-electron chi connectivity index (χ0n) is 17.1. The third-order valence-corrected chi connectivity index (χ3v) is 6.05. The molecule has 10 heteroatoms. The lowest BCUT2D eigenvalue weighted by molar-refractivity contribution is -0.175. The van der Waals surface area contributed by atoms with Crippen LogP contribution >= 0.6 is 11.3 Å². The molecule has 2 aliphatic rings. The van der Waals surface area contributed by atoms with E-state index >= 15 is 0 Å². The summed E-state index contributed by atoms with van der Waals surface area (Å²) in [5.74, 6) is -2.96. The van der Waals surface area contributed by atoms with Crippen LogP contribution in [0.2, 0.25) is 0 Å². The fraction of sp³-hybridized carbons (Fsp3) is 0.500. The number of rotatable bonds is 6. The quantitative estimate of drug-likeness (QED) is 0.389. The Bertz CT molecular complexity index is 941. The van der Waals surface area contributed by atoms with Crippen LogP contribution in [0.25, 0.3) is 5.57 Å². The largest absolute Gasteiger partial charge is 0.427 e. The van der Waals surface area contributed by atoms with E-state index in [2.05, 4.69) is 0 Å². The molecule has 30 heavy (non-hydrogen) atoms. The number of nitrogens with two attached hydrogens (primary N) is 1. The summed E-state index contributed by atoms with van der Waals surface area (Å²) in [4.78, 5) is 50.3. The Hall–Kier alpha value is -2.72. The fourth-order valence-electron chi connectivity index (χ4n) is 3.56. The number of nitrogens with zero attached hydrogens (tertiary/aromatic N) is 1. The number of carbonyl (C=O) groups is 4. The first kappa shape index (κ1) is 22.0. The second kappa shape index (κ2) is 7.84. The van der Waals surface area contributed by atoms with Crippen LogP contribution in [0.4, 0.5) is 0 Å². The van der Waals surface area contributed by atoms with E-state index in [1.165, 1.54) is 11.8 Å². The Labute approximate surface area is 177 Å². The first-order chi connectivity index (χ1) is 13.9. The minimum atomic E-state index is -0.869. The van der Waals surface area contributed by atoms with Gasteiger partial charge >= 0.3 is 11.9 Å². The molecule has 3 atom stereocenters. The highest BCUT2D eigenvalue weighted by atomic mass is 32.1. The monoisotopic (exact) mass is 436 g/mol. The van der Waals surface area contributed by atoms with Crippen molar-refractivity contribution >= 4 is 40.7 Å². The molecular weight excluding hydrogens is 412 g/mol. The zero-order chi connectivity index (χ0) is 22.4. The van der Waals surface area contributed by atoms with Gasteiger partial charge in [-0.3, -0.25) is 14.4 Å². The molecule has 3 N–H and O–H groups in total. The second-order valence-electron chi connectivity index (χ2n) is 8.37. The molecule has 0 bridgehead atoms. The average Bonchev–Trinajstić information content (AvgIpc) is 3.23. The van der Waals surface area contributed by atoms with Gasteiger partial charge in [-0.15, -0.1) is 11.3 Å². The summed E-state index contributed by atoms with van der Waals surface area (Å²) in [5.41, 5.74) is 5.70. The van der Waals surface area contributed by atoms with Crippen LogP contribution in [-0.2, 0) is 23.9 Å². The molecule has 1 aromatic rings. The van der Waals surface area contributed by atoms with Crippen molar-refractivity contribution in [3.05, 3.63) is 27.6 Å². The summed E-state index contributed by atoms with van der Waals surface area (Å²) in [7, 11) is 0. The molecule has 0 radical (unpaired) electrons. The maximum Gasteiger partial charge on any atom is 0.358 e. The molecule has 1 fully saturated rings. The van der Waals surface area contributed by atoms with E-state index in [4.69, 9.17) is 15.2 Å². The van der Waals surface area contributed by atoms with Gasteiger partial charge < -0.3 is 25.2 Å². The van der Waals surface area contributed by atoms with Gasteiger partial charge in [0, 0.05) is 0 Å². The van der Waals surface area contributed by atoms with Crippen molar-refractivity contribution < 1.29 is 33.8 Å². The number of thiophene rings is 1. The van der Waals surface area contributed by atoms with Crippen molar-refractivity contribution in [3.8, 4) is 0 Å². The molecule has 2 amide bonds. The van der Waals surface area contributed by atoms with Crippen LogP contribution < -0.4 is 5.73 Å². The molecule has 0 unspecified atom stereocenters. The van der Waals surface area contributed by atoms with E-state index in [0.29, 0.717) is 22.4 Å². The first-order valence-corrected chi connectivity index (χ1v) is 10.3. The van der Waals surface area contributed by atoms with Crippen molar-refractivity contribution in [2.24, 2.45) is 17.1 Å². The van der Waals surface area contributed by atoms with Crippen molar-refractivity contribution in [2.45, 2.75) is 46.3 Å². The minimum Gasteiger partial charge on any atom is -0.427 e. The lowest BCUT2D eigenvalue weighted by atomic mass is 9.82. The summed E-state index contributed by atoms with van der Waals surface area (Å²) in [6, 6.07) is 1.17. The predicted octanol–water partition coefficient (Wildman–Crippen LogP) is 1.26. The molecule has 162 valence electrons. The number of aliphatic hydroxyl groups excluding tert-OH is 1. The number of fused-ring (bicyclic) bond motifs is 1. The lowest BCUT2D eigenvalue weighted by Gasteiger charge is -2.44. The van der Waals surface area contributed by atoms with Gasteiger partial charge in [-0.1, -0.05) is 0 Å². The molecule has 3 rings (SSSR count). The maximum absolute atomic E-state index is 12.8. The van der Waals surface area contributed by atoms with Crippen molar-refractivity contribution in [3.63, 3.8) is 0 Å². The Morgan fingerprint density at radius 1 is 1.33 bits per heavy atom. The third kappa shape index (κ3) is 3.84. The van der Waals surface area contributed by atoms with Crippen LogP contribution in [0.3, 0.4) is 0 Å². The third-order valence-electron chi connectivity index (χ3n) is 5.11. The van der Waals surface area contributed by atoms with Crippen LogP contribution in [0.1, 0.15) is 49.4 Å². The number of hydrogen-bond donors (Lipinski definition) is 2. The van der Waals surface area contributed by atoms with E-state index in [1.807, 2.05) is 0 Å². The average molecular weight is 436 g/mol. The summed E-state index contributed by atoms with van der Waals surface area (Å²) in [5, 5.41) is 11.6. The van der Waals surface area contributed by atoms with Crippen molar-refractivity contribution in [2.75, 3.05) is 6.79 Å². The van der Waals surface area contributed by atoms with Gasteiger partial charge in [-0.05, 0) is 56.7 Å². The number of ether oxygens (including phenoxy) is 2. The van der Waals surface area contributed by atoms with E-state index in [9.17, 15) is 24.3 Å². The number of amides is 2. The van der Waals surface area contributed by atoms with E-state index < -0.39 is 42.1 Å². The van der Waals surface area contributed by atoms with Gasteiger partial charge in [-0.2, -0.15) is 0 Å². The van der Waals surface area contributed by atoms with E-state index in [-0.39, 0.29) is 17.6 Å². The topological polar surface area (TPSA) is 136 Å². The number of aliphatic hydroxyl groups is 1. The second-order valence-corrected chi connectivity index (χ2v) is 9.28. The standard InChI is InChI=1S/C20H24N2O7S/c1-9(23)14-12-6-11(10-5-13(16(21)24)30-7-10)15(22(12)17(14)25)18(26)28-8-29-19(27)20(2,3)4/h5,7,9,12,14,23H,6,8H2,1-4H3,(H2,21,24)/t9-,12-,14-/m1/s1. The zero-order valence-corrected chi connectivity index (χ0v) is 17.9. The Morgan fingerprint density at radius 2 is 2.00 bits per heavy atom. The summed E-state index contributed by atoms with van der Waals surface area (Å²) >= 11 is 1.13. The number of primary amides is 1. The molecule has 2 aliphatic heterocycles. The van der Waals surface area contributed by atoms with Crippen LogP contribution in [0, 0.1) is 11.3 Å². The summed E-state index contributed by atoms with van der Waals surface area (Å²) in [6.45, 7) is 5.94. The van der Waals surface area contributed by atoms with Gasteiger partial charge in [0.15, 0.2) is 0 Å². The molecule has 0 aliphatic carbocycles. The smallest absolute Gasteiger partial charge is 0.358 e. The molecule has 3 heterocycles. The van der Waals surface area contributed by atoms with Crippen molar-refractivity contribution in [1.29, 1.82) is 0 Å². The molecular formula is C20H24N2O7S. The van der Waals surface area contributed by atoms with E-state index in [1.54, 1.807) is 32.2 Å². The Morgan fingerprint density at radius 3 is 2.53 bits per heavy atom. The van der Waals surface area contributed by atoms with Gasteiger partial charge in [0.05, 0.1) is 28.4 Å². The lowest BCUT2D eigenvalue weighted by Crippen LogP contribution is -2.61. The van der Waals surface area contributed by atoms with E-state index in [0.717, 1.165) is 11.3 Å². The van der Waals surface area contributed by atoms with Gasteiger partial charge in [-0.25, -0.2) is 4.79 Å². The molecule has 0 saturated carbocycles. The molecule has 1 aromatic heterocycles. The normalized spacial score (nSPS) is 21.8. The van der Waals surface area contributed by atoms with Gasteiger partial charge in [0.25, 0.3) is 5.91 Å². The van der Waals surface area contributed by atoms with Crippen molar-refractivity contribution in [1.82, 2.24) is 4.90 Å². The summed E-state index contributed by atoms with van der Waals surface area (Å²) < 4.78 is 10.1. The molecule has 9 nitrogen and oxygen atoms in total. The fourth-order valence-corrected chi connectivity index (χ4v) is 4.34. The van der Waals surface area contributed by atoms with Gasteiger partial charge in [0.2, 0.25) is 12.7 Å². The van der Waals surface area contributed by atoms with Gasteiger partial charge in [0.1, 0.15) is 5.70 Å². The molecule has 0 aromatic carbocycles.